The molecule has 1 atom stereocenters. The number of sulfonamides is 1. The van der Waals surface area contributed by atoms with E-state index in [4.69, 9.17) is 0 Å². The van der Waals surface area contributed by atoms with Crippen LogP contribution in [0.15, 0.2) is 71.7 Å². The molecule has 0 radical (unpaired) electrons. The SMILES string of the molecule is C=C(C)c1ccc(S(=O)(=O)N2CCC3=CC(=O)CCC3(Cc3ccc(N4CCC(O)CC4)cc3)C2)cc1. The summed E-state index contributed by atoms with van der Waals surface area (Å²) in [6, 6.07) is 15.5. The lowest BCUT2D eigenvalue weighted by atomic mass is 9.66. The number of anilines is 1. The summed E-state index contributed by atoms with van der Waals surface area (Å²) in [5, 5.41) is 9.81. The van der Waals surface area contributed by atoms with Gasteiger partial charge in [-0.2, -0.15) is 4.31 Å². The van der Waals surface area contributed by atoms with Gasteiger partial charge in [-0.25, -0.2) is 8.42 Å². The predicted molar refractivity (Wildman–Crippen MR) is 147 cm³/mol. The summed E-state index contributed by atoms with van der Waals surface area (Å²) in [4.78, 5) is 14.9. The summed E-state index contributed by atoms with van der Waals surface area (Å²) in [5.74, 6) is 0.139. The zero-order chi connectivity index (χ0) is 26.2. The minimum absolute atomic E-state index is 0.139. The number of ketones is 1. The monoisotopic (exact) mass is 520 g/mol. The summed E-state index contributed by atoms with van der Waals surface area (Å²) in [7, 11) is -3.66. The Balaban J connectivity index is 1.39. The molecule has 1 aliphatic carbocycles. The van der Waals surface area contributed by atoms with Crippen molar-refractivity contribution in [3.8, 4) is 0 Å². The molecule has 2 saturated heterocycles. The second-order valence-corrected chi connectivity index (χ2v) is 12.8. The Labute approximate surface area is 220 Å². The summed E-state index contributed by atoms with van der Waals surface area (Å²) in [5.41, 5.74) is 4.82. The summed E-state index contributed by atoms with van der Waals surface area (Å²) in [6.07, 6.45) is 5.52. The number of hydrogen-bond donors (Lipinski definition) is 1. The van der Waals surface area contributed by atoms with Crippen molar-refractivity contribution in [2.45, 2.75) is 56.4 Å². The number of piperidine rings is 2. The lowest BCUT2D eigenvalue weighted by Crippen LogP contribution is -2.49. The maximum absolute atomic E-state index is 13.6. The molecule has 5 rings (SSSR count). The molecule has 0 spiro atoms. The van der Waals surface area contributed by atoms with Crippen LogP contribution in [0.3, 0.4) is 0 Å². The molecule has 1 unspecified atom stereocenters. The number of aliphatic hydroxyl groups is 1. The molecule has 6 nitrogen and oxygen atoms in total. The Bertz CT molecular complexity index is 1310. The van der Waals surface area contributed by atoms with Crippen LogP contribution in [0.25, 0.3) is 5.57 Å². The molecule has 2 aromatic carbocycles. The van der Waals surface area contributed by atoms with Crippen LogP contribution in [0.5, 0.6) is 0 Å². The zero-order valence-electron chi connectivity index (χ0n) is 21.5. The second kappa shape index (κ2) is 10.2. The maximum atomic E-state index is 13.6. The smallest absolute Gasteiger partial charge is 0.243 e. The van der Waals surface area contributed by atoms with Gasteiger partial charge in [-0.05, 0) is 80.5 Å². The van der Waals surface area contributed by atoms with Crippen molar-refractivity contribution in [1.82, 2.24) is 4.31 Å². The Morgan fingerprint density at radius 2 is 1.70 bits per heavy atom. The van der Waals surface area contributed by atoms with Gasteiger partial charge in [0, 0.05) is 43.7 Å². The molecular formula is C30H36N2O4S. The number of allylic oxidation sites excluding steroid dienone is 2. The van der Waals surface area contributed by atoms with Gasteiger partial charge >= 0.3 is 0 Å². The maximum Gasteiger partial charge on any atom is 0.243 e. The van der Waals surface area contributed by atoms with Crippen molar-refractivity contribution in [1.29, 1.82) is 0 Å². The molecule has 37 heavy (non-hydrogen) atoms. The highest BCUT2D eigenvalue weighted by atomic mass is 32.2. The number of benzene rings is 2. The molecular weight excluding hydrogens is 484 g/mol. The Morgan fingerprint density at radius 1 is 1.03 bits per heavy atom. The largest absolute Gasteiger partial charge is 0.393 e. The van der Waals surface area contributed by atoms with Crippen molar-refractivity contribution in [2.24, 2.45) is 5.41 Å². The van der Waals surface area contributed by atoms with Crippen LogP contribution in [-0.4, -0.2) is 55.9 Å². The number of nitrogens with zero attached hydrogens (tertiary/aromatic N) is 2. The molecule has 0 bridgehead atoms. The summed E-state index contributed by atoms with van der Waals surface area (Å²) < 4.78 is 28.9. The minimum Gasteiger partial charge on any atom is -0.393 e. The van der Waals surface area contributed by atoms with Gasteiger partial charge in [-0.1, -0.05) is 42.0 Å². The average molecular weight is 521 g/mol. The third-order valence-corrected chi connectivity index (χ3v) is 10.1. The number of carbonyl (C=O) groups is 1. The molecule has 0 saturated carbocycles. The first-order chi connectivity index (χ1) is 17.7. The van der Waals surface area contributed by atoms with E-state index in [0.717, 1.165) is 53.9 Å². The van der Waals surface area contributed by atoms with Crippen LogP contribution in [0.4, 0.5) is 5.69 Å². The predicted octanol–water partition coefficient (Wildman–Crippen LogP) is 4.59. The molecule has 2 fully saturated rings. The van der Waals surface area contributed by atoms with Crippen molar-refractivity contribution in [2.75, 3.05) is 31.1 Å². The van der Waals surface area contributed by atoms with Crippen LogP contribution in [0.1, 0.15) is 50.2 Å². The number of aliphatic hydroxyl groups excluding tert-OH is 1. The van der Waals surface area contributed by atoms with Gasteiger partial charge in [0.25, 0.3) is 0 Å². The van der Waals surface area contributed by atoms with Gasteiger partial charge in [-0.3, -0.25) is 4.79 Å². The van der Waals surface area contributed by atoms with Gasteiger partial charge in [0.2, 0.25) is 10.0 Å². The molecule has 2 heterocycles. The topological polar surface area (TPSA) is 77.9 Å². The highest BCUT2D eigenvalue weighted by molar-refractivity contribution is 7.89. The molecule has 0 aromatic heterocycles. The Hall–Kier alpha value is -2.74. The highest BCUT2D eigenvalue weighted by Gasteiger charge is 2.45. The first kappa shape index (κ1) is 25.9. The van der Waals surface area contributed by atoms with Crippen LogP contribution >= 0.6 is 0 Å². The number of carbonyl (C=O) groups excluding carboxylic acids is 1. The van der Waals surface area contributed by atoms with Gasteiger partial charge < -0.3 is 10.0 Å². The van der Waals surface area contributed by atoms with E-state index in [1.165, 1.54) is 0 Å². The quantitative estimate of drug-likeness (QED) is 0.603. The Kier molecular flexibility index (Phi) is 7.14. The first-order valence-electron chi connectivity index (χ1n) is 13.2. The number of fused-ring (bicyclic) bond motifs is 1. The van der Waals surface area contributed by atoms with E-state index in [0.29, 0.717) is 43.7 Å². The van der Waals surface area contributed by atoms with Crippen molar-refractivity contribution < 1.29 is 18.3 Å². The third kappa shape index (κ3) is 5.31. The molecule has 2 aliphatic heterocycles. The van der Waals surface area contributed by atoms with E-state index in [1.54, 1.807) is 22.5 Å². The van der Waals surface area contributed by atoms with Gasteiger partial charge in [0.1, 0.15) is 0 Å². The van der Waals surface area contributed by atoms with Gasteiger partial charge in [0.15, 0.2) is 5.78 Å². The standard InChI is InChI=1S/C30H36N2O4S/c1-22(2)24-5-9-29(10-6-24)37(35,36)32-18-12-25-19-28(34)11-15-30(25,21-32)20-23-3-7-26(8-4-23)31-16-13-27(33)14-17-31/h3-10,19,27,33H,1,11-18,20-21H2,2H3. The molecule has 1 N–H and O–H groups in total. The number of hydrogen-bond acceptors (Lipinski definition) is 5. The highest BCUT2D eigenvalue weighted by Crippen LogP contribution is 2.46. The van der Waals surface area contributed by atoms with Crippen LogP contribution < -0.4 is 4.90 Å². The lowest BCUT2D eigenvalue weighted by molar-refractivity contribution is -0.116. The summed E-state index contributed by atoms with van der Waals surface area (Å²) >= 11 is 0. The van der Waals surface area contributed by atoms with E-state index in [9.17, 15) is 18.3 Å². The van der Waals surface area contributed by atoms with Crippen molar-refractivity contribution >= 4 is 27.1 Å². The second-order valence-electron chi connectivity index (χ2n) is 10.9. The zero-order valence-corrected chi connectivity index (χ0v) is 22.3. The van der Waals surface area contributed by atoms with E-state index in [2.05, 4.69) is 35.7 Å². The van der Waals surface area contributed by atoms with E-state index >= 15 is 0 Å². The fourth-order valence-electron chi connectivity index (χ4n) is 5.99. The van der Waals surface area contributed by atoms with Crippen molar-refractivity contribution in [3.05, 3.63) is 77.9 Å². The van der Waals surface area contributed by atoms with E-state index in [-0.39, 0.29) is 17.3 Å². The van der Waals surface area contributed by atoms with Crippen LogP contribution in [-0.2, 0) is 21.2 Å². The van der Waals surface area contributed by atoms with Crippen molar-refractivity contribution in [3.63, 3.8) is 0 Å². The lowest BCUT2D eigenvalue weighted by Gasteiger charge is -2.46. The van der Waals surface area contributed by atoms with E-state index < -0.39 is 10.0 Å². The van der Waals surface area contributed by atoms with Crippen LogP contribution in [0.2, 0.25) is 0 Å². The van der Waals surface area contributed by atoms with E-state index in [1.807, 2.05) is 19.1 Å². The number of rotatable bonds is 6. The Morgan fingerprint density at radius 3 is 2.35 bits per heavy atom. The molecule has 3 aliphatic rings. The molecule has 0 amide bonds. The summed E-state index contributed by atoms with van der Waals surface area (Å²) in [6.45, 7) is 8.29. The van der Waals surface area contributed by atoms with Gasteiger partial charge in [0.05, 0.1) is 11.0 Å². The molecule has 7 heteroatoms. The van der Waals surface area contributed by atoms with Gasteiger partial charge in [-0.15, -0.1) is 0 Å². The fourth-order valence-corrected chi connectivity index (χ4v) is 7.51. The average Bonchev–Trinajstić information content (AvgIpc) is 2.89. The molecule has 196 valence electrons. The first-order valence-corrected chi connectivity index (χ1v) is 14.6. The fraction of sp³-hybridized carbons (Fsp3) is 0.433. The van der Waals surface area contributed by atoms with Crippen LogP contribution in [0, 0.1) is 5.41 Å². The normalized spacial score (nSPS) is 23.5. The third-order valence-electron chi connectivity index (χ3n) is 8.27. The molecule has 2 aromatic rings. The minimum atomic E-state index is -3.66.